The highest BCUT2D eigenvalue weighted by Gasteiger charge is 2.27. The molecule has 3 aromatic rings. The van der Waals surface area contributed by atoms with Crippen LogP contribution < -0.4 is 4.90 Å². The average Bonchev–Trinajstić information content (AvgIpc) is 3.25. The third kappa shape index (κ3) is 5.60. The molecule has 2 heterocycles. The molecule has 0 saturated carbocycles. The van der Waals surface area contributed by atoms with Gasteiger partial charge in [0.2, 0.25) is 5.91 Å². The first-order chi connectivity index (χ1) is 15.8. The maximum atomic E-state index is 13.3. The highest BCUT2D eigenvalue weighted by molar-refractivity contribution is 7.92. The monoisotopic (exact) mass is 487 g/mol. The van der Waals surface area contributed by atoms with Gasteiger partial charge in [0.1, 0.15) is 5.75 Å². The number of sulfone groups is 1. The number of hydrogen-bond acceptors (Lipinski definition) is 7. The molecule has 0 N–H and O–H groups in total. The van der Waals surface area contributed by atoms with Crippen LogP contribution in [0.2, 0.25) is 0 Å². The van der Waals surface area contributed by atoms with Crippen molar-refractivity contribution in [1.29, 1.82) is 0 Å². The lowest BCUT2D eigenvalue weighted by Crippen LogP contribution is -2.40. The topological polar surface area (TPSA) is 79.8 Å². The van der Waals surface area contributed by atoms with Crippen molar-refractivity contribution in [3.63, 3.8) is 0 Å². The molecule has 0 bridgehead atoms. The molecular formula is C24H29N3O4S2. The van der Waals surface area contributed by atoms with Crippen molar-refractivity contribution >= 4 is 42.4 Å². The first-order valence-electron chi connectivity index (χ1n) is 11.1. The molecule has 1 amide bonds. The highest BCUT2D eigenvalue weighted by Crippen LogP contribution is 2.32. The van der Waals surface area contributed by atoms with Gasteiger partial charge in [0.25, 0.3) is 0 Å². The molecule has 1 aliphatic heterocycles. The summed E-state index contributed by atoms with van der Waals surface area (Å²) < 4.78 is 32.2. The third-order valence-corrected chi connectivity index (χ3v) is 8.64. The van der Waals surface area contributed by atoms with Gasteiger partial charge in [-0.1, -0.05) is 35.6 Å². The molecule has 1 fully saturated rings. The molecule has 176 valence electrons. The SMILES string of the molecule is Cc1ccc2sc(N(CCCN3CCOCC3)C(=O)CS(=O)(=O)c3ccccc3)nc2c1C. The summed E-state index contributed by atoms with van der Waals surface area (Å²) in [6.45, 7) is 8.46. The number of anilines is 1. The Kier molecular flexibility index (Phi) is 7.43. The van der Waals surface area contributed by atoms with E-state index < -0.39 is 21.5 Å². The number of ether oxygens (including phenoxy) is 1. The number of carbonyl (C=O) groups excluding carboxylic acids is 1. The number of nitrogens with zero attached hydrogens (tertiary/aromatic N) is 3. The summed E-state index contributed by atoms with van der Waals surface area (Å²) in [5.74, 6) is -1.03. The van der Waals surface area contributed by atoms with Gasteiger partial charge in [-0.15, -0.1) is 0 Å². The molecule has 7 nitrogen and oxygen atoms in total. The van der Waals surface area contributed by atoms with E-state index >= 15 is 0 Å². The van der Waals surface area contributed by atoms with Crippen LogP contribution in [0.5, 0.6) is 0 Å². The third-order valence-electron chi connectivity index (χ3n) is 5.98. The fourth-order valence-corrected chi connectivity index (χ4v) is 6.17. The molecule has 0 radical (unpaired) electrons. The molecular weight excluding hydrogens is 458 g/mol. The maximum Gasteiger partial charge on any atom is 0.244 e. The number of hydrogen-bond donors (Lipinski definition) is 0. The lowest BCUT2D eigenvalue weighted by Gasteiger charge is -2.27. The zero-order valence-electron chi connectivity index (χ0n) is 19.0. The van der Waals surface area contributed by atoms with Crippen molar-refractivity contribution in [2.45, 2.75) is 25.2 Å². The van der Waals surface area contributed by atoms with Crippen LogP contribution >= 0.6 is 11.3 Å². The Morgan fingerprint density at radius 1 is 1.12 bits per heavy atom. The smallest absolute Gasteiger partial charge is 0.244 e. The number of thiazole rings is 1. The van der Waals surface area contributed by atoms with Gasteiger partial charge in [0.15, 0.2) is 15.0 Å². The second-order valence-corrected chi connectivity index (χ2v) is 11.3. The molecule has 0 aliphatic carbocycles. The maximum absolute atomic E-state index is 13.3. The molecule has 1 aromatic heterocycles. The largest absolute Gasteiger partial charge is 0.379 e. The van der Waals surface area contributed by atoms with Gasteiger partial charge in [-0.2, -0.15) is 0 Å². The standard InChI is InChI=1S/C24H29N3O4S2/c1-18-9-10-21-23(19(18)2)25-24(32-21)27(12-6-11-26-13-15-31-16-14-26)22(28)17-33(29,30)20-7-4-3-5-8-20/h3-5,7-10H,6,11-17H2,1-2H3. The minimum atomic E-state index is -3.74. The molecule has 1 aliphatic rings. The number of aryl methyl sites for hydroxylation is 2. The molecule has 0 unspecified atom stereocenters. The average molecular weight is 488 g/mol. The van der Waals surface area contributed by atoms with Crippen LogP contribution in [0.25, 0.3) is 10.2 Å². The first-order valence-corrected chi connectivity index (χ1v) is 13.6. The van der Waals surface area contributed by atoms with E-state index in [4.69, 9.17) is 9.72 Å². The second-order valence-electron chi connectivity index (χ2n) is 8.28. The zero-order valence-corrected chi connectivity index (χ0v) is 20.6. The van der Waals surface area contributed by atoms with Crippen LogP contribution in [0.15, 0.2) is 47.4 Å². The summed E-state index contributed by atoms with van der Waals surface area (Å²) in [4.78, 5) is 22.1. The fourth-order valence-electron chi connectivity index (χ4n) is 3.89. The van der Waals surface area contributed by atoms with E-state index in [1.54, 1.807) is 23.1 Å². The minimum Gasteiger partial charge on any atom is -0.379 e. The van der Waals surface area contributed by atoms with Gasteiger partial charge < -0.3 is 4.74 Å². The van der Waals surface area contributed by atoms with Crippen molar-refractivity contribution < 1.29 is 17.9 Å². The van der Waals surface area contributed by atoms with Crippen molar-refractivity contribution in [3.05, 3.63) is 53.6 Å². The van der Waals surface area contributed by atoms with Gasteiger partial charge in [-0.25, -0.2) is 13.4 Å². The molecule has 4 rings (SSSR count). The van der Waals surface area contributed by atoms with Gasteiger partial charge in [0.05, 0.1) is 28.3 Å². The minimum absolute atomic E-state index is 0.155. The van der Waals surface area contributed by atoms with E-state index in [-0.39, 0.29) is 4.90 Å². The van der Waals surface area contributed by atoms with Crippen molar-refractivity contribution in [1.82, 2.24) is 9.88 Å². The predicted molar refractivity (Wildman–Crippen MR) is 132 cm³/mol. The summed E-state index contributed by atoms with van der Waals surface area (Å²) >= 11 is 1.43. The number of morpholine rings is 1. The van der Waals surface area contributed by atoms with Gasteiger partial charge in [-0.05, 0) is 49.6 Å². The van der Waals surface area contributed by atoms with Crippen LogP contribution in [0, 0.1) is 13.8 Å². The van der Waals surface area contributed by atoms with Crippen LogP contribution in [0.1, 0.15) is 17.5 Å². The highest BCUT2D eigenvalue weighted by atomic mass is 32.2. The van der Waals surface area contributed by atoms with E-state index in [1.807, 2.05) is 26.0 Å². The summed E-state index contributed by atoms with van der Waals surface area (Å²) in [6, 6.07) is 12.2. The Bertz CT molecular complexity index is 1220. The van der Waals surface area contributed by atoms with Crippen LogP contribution in [0.3, 0.4) is 0 Å². The zero-order chi connectivity index (χ0) is 23.4. The summed E-state index contributed by atoms with van der Waals surface area (Å²) in [5, 5.41) is 0.550. The van der Waals surface area contributed by atoms with E-state index in [1.165, 1.54) is 23.5 Å². The van der Waals surface area contributed by atoms with Crippen molar-refractivity contribution in [2.75, 3.05) is 50.0 Å². The normalized spacial score (nSPS) is 15.1. The molecule has 0 spiro atoms. The number of carbonyl (C=O) groups is 1. The Morgan fingerprint density at radius 2 is 1.85 bits per heavy atom. The van der Waals surface area contributed by atoms with Crippen molar-refractivity contribution in [3.8, 4) is 0 Å². The Balaban J connectivity index is 1.58. The quantitative estimate of drug-likeness (QED) is 0.484. The van der Waals surface area contributed by atoms with Gasteiger partial charge >= 0.3 is 0 Å². The molecule has 1 saturated heterocycles. The lowest BCUT2D eigenvalue weighted by molar-refractivity contribution is -0.116. The molecule has 9 heteroatoms. The number of rotatable bonds is 8. The van der Waals surface area contributed by atoms with E-state index in [0.29, 0.717) is 24.9 Å². The Hall–Kier alpha value is -2.33. The van der Waals surface area contributed by atoms with Crippen molar-refractivity contribution in [2.24, 2.45) is 0 Å². The van der Waals surface area contributed by atoms with E-state index in [0.717, 1.165) is 47.4 Å². The van der Waals surface area contributed by atoms with Crippen LogP contribution in [-0.4, -0.2) is 69.4 Å². The lowest BCUT2D eigenvalue weighted by atomic mass is 10.1. The van der Waals surface area contributed by atoms with Crippen LogP contribution in [0.4, 0.5) is 5.13 Å². The first kappa shape index (κ1) is 23.8. The van der Waals surface area contributed by atoms with Gasteiger partial charge in [-0.3, -0.25) is 14.6 Å². The second kappa shape index (κ2) is 10.3. The fraction of sp³-hybridized carbons (Fsp3) is 0.417. The van der Waals surface area contributed by atoms with Crippen LogP contribution in [-0.2, 0) is 19.4 Å². The molecule has 2 aromatic carbocycles. The predicted octanol–water partition coefficient (Wildman–Crippen LogP) is 3.44. The number of amides is 1. The summed E-state index contributed by atoms with van der Waals surface area (Å²) in [6.07, 6.45) is 0.727. The molecule has 33 heavy (non-hydrogen) atoms. The van der Waals surface area contributed by atoms with E-state index in [2.05, 4.69) is 4.90 Å². The number of fused-ring (bicyclic) bond motifs is 1. The molecule has 0 atom stereocenters. The summed E-state index contributed by atoms with van der Waals surface area (Å²) in [5.41, 5.74) is 3.08. The number of benzene rings is 2. The number of aromatic nitrogens is 1. The Morgan fingerprint density at radius 3 is 2.58 bits per heavy atom. The summed E-state index contributed by atoms with van der Waals surface area (Å²) in [7, 11) is -3.74. The van der Waals surface area contributed by atoms with Gasteiger partial charge in [0, 0.05) is 26.2 Å². The van der Waals surface area contributed by atoms with E-state index in [9.17, 15) is 13.2 Å². The Labute approximate surface area is 198 Å².